The van der Waals surface area contributed by atoms with E-state index >= 15 is 0 Å². The van der Waals surface area contributed by atoms with E-state index in [1.165, 1.54) is 18.1 Å². The van der Waals surface area contributed by atoms with Crippen molar-refractivity contribution < 1.29 is 19.1 Å². The Morgan fingerprint density at radius 3 is 2.66 bits per heavy atom. The molecule has 0 aliphatic carbocycles. The van der Waals surface area contributed by atoms with E-state index in [0.717, 1.165) is 0 Å². The highest BCUT2D eigenvalue weighted by molar-refractivity contribution is 14.1. The fourth-order valence-electron chi connectivity index (χ4n) is 2.70. The molecule has 1 heterocycles. The number of carbonyl (C=O) groups excluding carboxylic acids is 2. The van der Waals surface area contributed by atoms with Gasteiger partial charge in [0, 0.05) is 0 Å². The van der Waals surface area contributed by atoms with E-state index in [2.05, 4.69) is 5.32 Å². The largest absolute Gasteiger partial charge is 0.493 e. The predicted octanol–water partition coefficient (Wildman–Crippen LogP) is 3.03. The van der Waals surface area contributed by atoms with Crippen molar-refractivity contribution in [1.82, 2.24) is 5.32 Å². The fraction of sp³-hybridized carbons (Fsp3) is 0.100. The van der Waals surface area contributed by atoms with Gasteiger partial charge in [-0.3, -0.25) is 19.8 Å². The summed E-state index contributed by atoms with van der Waals surface area (Å²) in [5.74, 6) is -0.295. The van der Waals surface area contributed by atoms with Crippen LogP contribution in [0.3, 0.4) is 0 Å². The number of nitrogens with zero attached hydrogens (tertiary/aromatic N) is 2. The molecule has 146 valence electrons. The van der Waals surface area contributed by atoms with E-state index in [9.17, 15) is 9.59 Å². The lowest BCUT2D eigenvalue weighted by Gasteiger charge is -2.28. The molecule has 0 radical (unpaired) electrons. The smallest absolute Gasteiger partial charge is 0.270 e. The zero-order chi connectivity index (χ0) is 21.0. The van der Waals surface area contributed by atoms with Crippen molar-refractivity contribution in [2.24, 2.45) is 0 Å². The molecule has 0 unspecified atom stereocenters. The average Bonchev–Trinajstić information content (AvgIpc) is 2.70. The van der Waals surface area contributed by atoms with Crippen molar-refractivity contribution in [3.8, 4) is 17.6 Å². The van der Waals surface area contributed by atoms with Crippen LogP contribution in [0, 0.1) is 14.9 Å². The van der Waals surface area contributed by atoms with Crippen LogP contribution in [-0.4, -0.2) is 30.6 Å². The summed E-state index contributed by atoms with van der Waals surface area (Å²) in [6.45, 7) is -0.128. The number of carbonyl (C=O) groups is 2. The van der Waals surface area contributed by atoms with Crippen LogP contribution in [0.2, 0.25) is 0 Å². The normalized spacial score (nSPS) is 15.1. The Morgan fingerprint density at radius 1 is 1.28 bits per heavy atom. The summed E-state index contributed by atoms with van der Waals surface area (Å²) in [5, 5.41) is 11.3. The van der Waals surface area contributed by atoms with Gasteiger partial charge in [-0.2, -0.15) is 5.26 Å². The van der Waals surface area contributed by atoms with Crippen LogP contribution in [0.5, 0.6) is 11.5 Å². The molecule has 2 aromatic rings. The number of rotatable bonds is 5. The van der Waals surface area contributed by atoms with Gasteiger partial charge in [0.15, 0.2) is 23.2 Å². The number of methoxy groups -OCH3 is 1. The monoisotopic (exact) mass is 519 g/mol. The van der Waals surface area contributed by atoms with Crippen molar-refractivity contribution in [2.45, 2.75) is 0 Å². The summed E-state index contributed by atoms with van der Waals surface area (Å²) >= 11 is 7.22. The molecule has 9 heteroatoms. The van der Waals surface area contributed by atoms with Gasteiger partial charge in [-0.05, 0) is 70.7 Å². The van der Waals surface area contributed by atoms with E-state index in [4.69, 9.17) is 27.0 Å². The highest BCUT2D eigenvalue weighted by atomic mass is 127. The van der Waals surface area contributed by atoms with Crippen molar-refractivity contribution in [2.75, 3.05) is 18.6 Å². The van der Waals surface area contributed by atoms with E-state index in [1.807, 2.05) is 34.7 Å². The summed E-state index contributed by atoms with van der Waals surface area (Å²) in [5.41, 5.74) is 1.06. The Hall–Kier alpha value is -2.97. The lowest BCUT2D eigenvalue weighted by atomic mass is 10.1. The fourth-order valence-corrected chi connectivity index (χ4v) is 3.77. The summed E-state index contributed by atoms with van der Waals surface area (Å²) < 4.78 is 11.4. The number of hydrogen-bond donors (Lipinski definition) is 1. The number of halogens is 1. The van der Waals surface area contributed by atoms with Crippen molar-refractivity contribution >= 4 is 63.5 Å². The van der Waals surface area contributed by atoms with Gasteiger partial charge in [0.05, 0.1) is 16.4 Å². The molecular formula is C20H14IN3O4S. The molecular weight excluding hydrogens is 505 g/mol. The molecule has 1 fully saturated rings. The molecule has 2 amide bonds. The van der Waals surface area contributed by atoms with Crippen LogP contribution in [0.4, 0.5) is 5.69 Å². The number of nitrogens with one attached hydrogen (secondary N) is 1. The first-order valence-corrected chi connectivity index (χ1v) is 9.78. The number of amides is 2. The number of nitriles is 1. The number of thiocarbonyl (C=S) groups is 1. The van der Waals surface area contributed by atoms with Gasteiger partial charge in [-0.25, -0.2) is 0 Å². The van der Waals surface area contributed by atoms with Gasteiger partial charge in [-0.15, -0.1) is 0 Å². The Kier molecular flexibility index (Phi) is 6.46. The molecule has 1 N–H and O–H groups in total. The van der Waals surface area contributed by atoms with Gasteiger partial charge >= 0.3 is 0 Å². The molecule has 2 aromatic carbocycles. The predicted molar refractivity (Wildman–Crippen MR) is 119 cm³/mol. The van der Waals surface area contributed by atoms with Crippen LogP contribution in [0.15, 0.2) is 48.0 Å². The van der Waals surface area contributed by atoms with Crippen molar-refractivity contribution in [3.63, 3.8) is 0 Å². The van der Waals surface area contributed by atoms with E-state index < -0.39 is 11.8 Å². The number of hydrogen-bond acceptors (Lipinski definition) is 6. The maximum Gasteiger partial charge on any atom is 0.270 e. The van der Waals surface area contributed by atoms with Crippen LogP contribution < -0.4 is 19.7 Å². The van der Waals surface area contributed by atoms with Crippen LogP contribution in [0.1, 0.15) is 5.56 Å². The number of benzene rings is 2. The molecule has 29 heavy (non-hydrogen) atoms. The third-order valence-electron chi connectivity index (χ3n) is 3.96. The topological polar surface area (TPSA) is 91.7 Å². The Bertz CT molecular complexity index is 1060. The first-order valence-electron chi connectivity index (χ1n) is 8.30. The third kappa shape index (κ3) is 4.38. The first-order chi connectivity index (χ1) is 14.0. The second-order valence-corrected chi connectivity index (χ2v) is 7.32. The maximum absolute atomic E-state index is 13.0. The molecule has 1 aliphatic heterocycles. The molecule has 0 bridgehead atoms. The second-order valence-electron chi connectivity index (χ2n) is 5.77. The number of para-hydroxylation sites is 1. The van der Waals surface area contributed by atoms with Gasteiger partial charge < -0.3 is 9.47 Å². The lowest BCUT2D eigenvalue weighted by molar-refractivity contribution is -0.122. The summed E-state index contributed by atoms with van der Waals surface area (Å²) in [4.78, 5) is 26.7. The molecule has 0 saturated carbocycles. The van der Waals surface area contributed by atoms with Crippen LogP contribution >= 0.6 is 34.8 Å². The molecule has 1 aliphatic rings. The zero-order valence-corrected chi connectivity index (χ0v) is 18.1. The van der Waals surface area contributed by atoms with E-state index in [0.29, 0.717) is 26.3 Å². The van der Waals surface area contributed by atoms with Gasteiger partial charge in [-0.1, -0.05) is 18.2 Å². The Balaban J connectivity index is 2.01. The highest BCUT2D eigenvalue weighted by Gasteiger charge is 2.34. The van der Waals surface area contributed by atoms with Crippen LogP contribution in [-0.2, 0) is 9.59 Å². The Labute approximate surface area is 186 Å². The zero-order valence-electron chi connectivity index (χ0n) is 15.1. The SMILES string of the molecule is COc1cc(/C=C2\C(=O)NC(=S)N(c3ccccc3)C2=O)cc(I)c1OCC#N. The van der Waals surface area contributed by atoms with Gasteiger partial charge in [0.25, 0.3) is 11.8 Å². The standard InChI is InChI=1S/C20H14IN3O4S/c1-27-16-11-12(10-15(21)17(16)28-8-7-22)9-14-18(25)23-20(29)24(19(14)26)13-5-3-2-4-6-13/h2-6,9-11H,8H2,1H3,(H,23,25,29)/b14-9+. The van der Waals surface area contributed by atoms with Gasteiger partial charge in [0.2, 0.25) is 0 Å². The molecule has 7 nitrogen and oxygen atoms in total. The third-order valence-corrected chi connectivity index (χ3v) is 5.05. The lowest BCUT2D eigenvalue weighted by Crippen LogP contribution is -2.54. The minimum Gasteiger partial charge on any atom is -0.493 e. The number of anilines is 1. The minimum atomic E-state index is -0.578. The van der Waals surface area contributed by atoms with Crippen LogP contribution in [0.25, 0.3) is 6.08 Å². The minimum absolute atomic E-state index is 0.0239. The van der Waals surface area contributed by atoms with Gasteiger partial charge in [0.1, 0.15) is 11.6 Å². The Morgan fingerprint density at radius 2 is 2.00 bits per heavy atom. The summed E-state index contributed by atoms with van der Waals surface area (Å²) in [7, 11) is 1.47. The van der Waals surface area contributed by atoms with Crippen molar-refractivity contribution in [1.29, 1.82) is 5.26 Å². The second kappa shape index (κ2) is 9.02. The summed E-state index contributed by atoms with van der Waals surface area (Å²) in [6, 6.07) is 14.1. The summed E-state index contributed by atoms with van der Waals surface area (Å²) in [6.07, 6.45) is 1.47. The van der Waals surface area contributed by atoms with E-state index in [1.54, 1.807) is 36.4 Å². The number of ether oxygens (including phenoxy) is 2. The molecule has 0 aromatic heterocycles. The maximum atomic E-state index is 13.0. The average molecular weight is 519 g/mol. The first kappa shape index (κ1) is 20.8. The highest BCUT2D eigenvalue weighted by Crippen LogP contribution is 2.35. The van der Waals surface area contributed by atoms with E-state index in [-0.39, 0.29) is 17.3 Å². The molecule has 0 atom stereocenters. The molecule has 1 saturated heterocycles. The van der Waals surface area contributed by atoms with Crippen molar-refractivity contribution in [3.05, 3.63) is 57.2 Å². The molecule has 3 rings (SSSR count). The molecule has 0 spiro atoms. The quantitative estimate of drug-likeness (QED) is 0.283.